The SMILES string of the molecule is CCc1ccc(C(CO)NC(=O)C2COC(C)C2)cc1. The highest BCUT2D eigenvalue weighted by atomic mass is 16.5. The number of ether oxygens (including phenoxy) is 1. The first kappa shape index (κ1) is 15.0. The fourth-order valence-electron chi connectivity index (χ4n) is 2.51. The third kappa shape index (κ3) is 3.58. The van der Waals surface area contributed by atoms with E-state index in [4.69, 9.17) is 4.74 Å². The molecule has 1 heterocycles. The molecule has 1 aliphatic rings. The van der Waals surface area contributed by atoms with E-state index in [2.05, 4.69) is 12.2 Å². The molecule has 0 aromatic heterocycles. The van der Waals surface area contributed by atoms with Crippen molar-refractivity contribution in [3.63, 3.8) is 0 Å². The third-order valence-corrected chi connectivity index (χ3v) is 3.86. The summed E-state index contributed by atoms with van der Waals surface area (Å²) in [4.78, 5) is 12.2. The standard InChI is InChI=1S/C16H23NO3/c1-3-12-4-6-13(7-5-12)15(9-18)17-16(19)14-8-11(2)20-10-14/h4-7,11,14-15,18H,3,8-10H2,1-2H3,(H,17,19). The summed E-state index contributed by atoms with van der Waals surface area (Å²) in [6.07, 6.45) is 1.87. The highest BCUT2D eigenvalue weighted by molar-refractivity contribution is 5.79. The Morgan fingerprint density at radius 2 is 2.15 bits per heavy atom. The van der Waals surface area contributed by atoms with Crippen molar-refractivity contribution in [3.8, 4) is 0 Å². The number of rotatable bonds is 5. The van der Waals surface area contributed by atoms with Crippen molar-refractivity contribution in [2.24, 2.45) is 5.92 Å². The van der Waals surface area contributed by atoms with E-state index < -0.39 is 0 Å². The molecular weight excluding hydrogens is 254 g/mol. The molecule has 1 aromatic carbocycles. The van der Waals surface area contributed by atoms with E-state index in [-0.39, 0.29) is 30.6 Å². The van der Waals surface area contributed by atoms with Gasteiger partial charge in [-0.2, -0.15) is 0 Å². The smallest absolute Gasteiger partial charge is 0.226 e. The predicted octanol–water partition coefficient (Wildman–Crippen LogP) is 1.82. The van der Waals surface area contributed by atoms with Gasteiger partial charge in [0, 0.05) is 0 Å². The lowest BCUT2D eigenvalue weighted by molar-refractivity contribution is -0.126. The van der Waals surface area contributed by atoms with Crippen LogP contribution in [-0.4, -0.2) is 30.3 Å². The molecule has 0 aliphatic carbocycles. The topological polar surface area (TPSA) is 58.6 Å². The van der Waals surface area contributed by atoms with Crippen LogP contribution >= 0.6 is 0 Å². The Labute approximate surface area is 120 Å². The van der Waals surface area contributed by atoms with Gasteiger partial charge >= 0.3 is 0 Å². The number of carbonyl (C=O) groups is 1. The first-order valence-corrected chi connectivity index (χ1v) is 7.25. The Morgan fingerprint density at radius 1 is 1.45 bits per heavy atom. The number of hydrogen-bond acceptors (Lipinski definition) is 3. The van der Waals surface area contributed by atoms with Crippen molar-refractivity contribution in [2.75, 3.05) is 13.2 Å². The first-order chi connectivity index (χ1) is 9.63. The van der Waals surface area contributed by atoms with Crippen molar-refractivity contribution in [1.29, 1.82) is 0 Å². The number of amides is 1. The summed E-state index contributed by atoms with van der Waals surface area (Å²) in [6.45, 7) is 4.45. The number of nitrogens with one attached hydrogen (secondary N) is 1. The lowest BCUT2D eigenvalue weighted by Gasteiger charge is -2.19. The van der Waals surface area contributed by atoms with Gasteiger partial charge in [0.15, 0.2) is 0 Å². The Hall–Kier alpha value is -1.39. The van der Waals surface area contributed by atoms with Gasteiger partial charge < -0.3 is 15.2 Å². The highest BCUT2D eigenvalue weighted by Crippen LogP contribution is 2.21. The van der Waals surface area contributed by atoms with Crippen LogP contribution < -0.4 is 5.32 Å². The number of benzene rings is 1. The second-order valence-electron chi connectivity index (χ2n) is 5.42. The van der Waals surface area contributed by atoms with Crippen LogP contribution in [-0.2, 0) is 16.0 Å². The molecule has 0 spiro atoms. The lowest BCUT2D eigenvalue weighted by atomic mass is 10.0. The van der Waals surface area contributed by atoms with Crippen LogP contribution in [0.25, 0.3) is 0 Å². The summed E-state index contributed by atoms with van der Waals surface area (Å²) in [6, 6.07) is 7.65. The van der Waals surface area contributed by atoms with Crippen molar-refractivity contribution < 1.29 is 14.6 Å². The maximum Gasteiger partial charge on any atom is 0.226 e. The molecule has 20 heavy (non-hydrogen) atoms. The fraction of sp³-hybridized carbons (Fsp3) is 0.562. The molecule has 2 rings (SSSR count). The summed E-state index contributed by atoms with van der Waals surface area (Å²) >= 11 is 0. The molecule has 2 N–H and O–H groups in total. The first-order valence-electron chi connectivity index (χ1n) is 7.25. The van der Waals surface area contributed by atoms with Crippen LogP contribution in [0.2, 0.25) is 0 Å². The number of hydrogen-bond donors (Lipinski definition) is 2. The summed E-state index contributed by atoms with van der Waals surface area (Å²) in [5.41, 5.74) is 2.18. The number of aryl methyl sites for hydroxylation is 1. The summed E-state index contributed by atoms with van der Waals surface area (Å²) in [5, 5.41) is 12.4. The van der Waals surface area contributed by atoms with Crippen molar-refractivity contribution in [2.45, 2.75) is 38.8 Å². The normalized spacial score (nSPS) is 23.6. The van der Waals surface area contributed by atoms with Crippen molar-refractivity contribution >= 4 is 5.91 Å². The number of aliphatic hydroxyl groups is 1. The Bertz CT molecular complexity index is 444. The van der Waals surface area contributed by atoms with Gasteiger partial charge in [-0.3, -0.25) is 4.79 Å². The molecule has 0 radical (unpaired) electrons. The zero-order valence-corrected chi connectivity index (χ0v) is 12.1. The minimum absolute atomic E-state index is 0.0343. The molecule has 4 heteroatoms. The molecule has 110 valence electrons. The van der Waals surface area contributed by atoms with Crippen LogP contribution in [0.4, 0.5) is 0 Å². The largest absolute Gasteiger partial charge is 0.394 e. The van der Waals surface area contributed by atoms with Crippen LogP contribution in [0.15, 0.2) is 24.3 Å². The van der Waals surface area contributed by atoms with Crippen LogP contribution in [0.5, 0.6) is 0 Å². The lowest BCUT2D eigenvalue weighted by Crippen LogP contribution is -2.36. The Balaban J connectivity index is 1.99. The molecule has 0 bridgehead atoms. The number of carbonyl (C=O) groups excluding carboxylic acids is 1. The van der Waals surface area contributed by atoms with E-state index in [1.807, 2.05) is 31.2 Å². The van der Waals surface area contributed by atoms with Crippen LogP contribution in [0.1, 0.15) is 37.4 Å². The Kier molecular flexibility index (Phi) is 5.15. The maximum absolute atomic E-state index is 12.2. The summed E-state index contributed by atoms with van der Waals surface area (Å²) in [7, 11) is 0. The van der Waals surface area contributed by atoms with E-state index in [9.17, 15) is 9.90 Å². The predicted molar refractivity (Wildman–Crippen MR) is 77.3 cm³/mol. The molecule has 4 nitrogen and oxygen atoms in total. The van der Waals surface area contributed by atoms with Crippen LogP contribution in [0.3, 0.4) is 0 Å². The van der Waals surface area contributed by atoms with Gasteiger partial charge in [0.05, 0.1) is 31.3 Å². The molecule has 1 fully saturated rings. The summed E-state index contributed by atoms with van der Waals surface area (Å²) < 4.78 is 5.41. The third-order valence-electron chi connectivity index (χ3n) is 3.86. The average molecular weight is 277 g/mol. The minimum Gasteiger partial charge on any atom is -0.394 e. The zero-order valence-electron chi connectivity index (χ0n) is 12.1. The fourth-order valence-corrected chi connectivity index (χ4v) is 2.51. The zero-order chi connectivity index (χ0) is 14.5. The molecule has 1 amide bonds. The van der Waals surface area contributed by atoms with E-state index in [1.54, 1.807) is 0 Å². The van der Waals surface area contributed by atoms with Crippen molar-refractivity contribution in [1.82, 2.24) is 5.32 Å². The quantitative estimate of drug-likeness (QED) is 0.863. The van der Waals surface area contributed by atoms with E-state index in [1.165, 1.54) is 5.56 Å². The van der Waals surface area contributed by atoms with Crippen molar-refractivity contribution in [3.05, 3.63) is 35.4 Å². The second-order valence-corrected chi connectivity index (χ2v) is 5.42. The summed E-state index contributed by atoms with van der Waals surface area (Å²) in [5.74, 6) is -0.137. The molecule has 1 aromatic rings. The number of aliphatic hydroxyl groups excluding tert-OH is 1. The molecule has 3 atom stereocenters. The molecule has 3 unspecified atom stereocenters. The Morgan fingerprint density at radius 3 is 2.65 bits per heavy atom. The van der Waals surface area contributed by atoms with Gasteiger partial charge in [-0.1, -0.05) is 31.2 Å². The van der Waals surface area contributed by atoms with Gasteiger partial charge in [0.25, 0.3) is 0 Å². The molecular formula is C16H23NO3. The molecule has 0 saturated carbocycles. The van der Waals surface area contributed by atoms with Gasteiger partial charge in [-0.05, 0) is 30.9 Å². The second kappa shape index (κ2) is 6.86. The van der Waals surface area contributed by atoms with Gasteiger partial charge in [-0.25, -0.2) is 0 Å². The van der Waals surface area contributed by atoms with E-state index >= 15 is 0 Å². The monoisotopic (exact) mass is 277 g/mol. The van der Waals surface area contributed by atoms with Gasteiger partial charge in [0.2, 0.25) is 5.91 Å². The molecule has 1 saturated heterocycles. The van der Waals surface area contributed by atoms with Crippen LogP contribution in [0, 0.1) is 5.92 Å². The highest BCUT2D eigenvalue weighted by Gasteiger charge is 2.29. The van der Waals surface area contributed by atoms with E-state index in [0.29, 0.717) is 6.61 Å². The minimum atomic E-state index is -0.343. The van der Waals surface area contributed by atoms with E-state index in [0.717, 1.165) is 18.4 Å². The average Bonchev–Trinajstić information content (AvgIpc) is 2.91. The van der Waals surface area contributed by atoms with Gasteiger partial charge in [-0.15, -0.1) is 0 Å². The maximum atomic E-state index is 12.2. The van der Waals surface area contributed by atoms with Gasteiger partial charge in [0.1, 0.15) is 0 Å². The molecule has 1 aliphatic heterocycles.